The Kier molecular flexibility index (Phi) is 7.33. The number of nitrogens with zero attached hydrogens (tertiary/aromatic N) is 3. The van der Waals surface area contributed by atoms with E-state index in [9.17, 15) is 14.4 Å². The molecule has 1 atom stereocenters. The number of carboxylic acid groups (broad SMARTS) is 1. The second-order valence-corrected chi connectivity index (χ2v) is 9.20. The predicted octanol–water partition coefficient (Wildman–Crippen LogP) is 3.67. The van der Waals surface area contributed by atoms with Crippen LogP contribution in [-0.4, -0.2) is 69.9 Å². The first-order valence-corrected chi connectivity index (χ1v) is 11.9. The Morgan fingerprint density at radius 3 is 2.46 bits per heavy atom. The van der Waals surface area contributed by atoms with E-state index in [0.29, 0.717) is 60.0 Å². The molecule has 182 valence electrons. The summed E-state index contributed by atoms with van der Waals surface area (Å²) in [5.74, 6) is -1.36. The van der Waals surface area contributed by atoms with Gasteiger partial charge in [0.25, 0.3) is 5.91 Å². The van der Waals surface area contributed by atoms with Crippen LogP contribution in [0, 0.1) is 0 Å². The van der Waals surface area contributed by atoms with Gasteiger partial charge in [-0.05, 0) is 50.2 Å². The van der Waals surface area contributed by atoms with Gasteiger partial charge in [-0.3, -0.25) is 19.3 Å². The van der Waals surface area contributed by atoms with Crippen molar-refractivity contribution in [2.45, 2.75) is 25.8 Å². The van der Waals surface area contributed by atoms with E-state index in [0.717, 1.165) is 10.9 Å². The number of benzene rings is 2. The molecule has 1 fully saturated rings. The third-order valence-corrected chi connectivity index (χ3v) is 6.67. The van der Waals surface area contributed by atoms with Crippen molar-refractivity contribution < 1.29 is 19.5 Å². The fourth-order valence-corrected chi connectivity index (χ4v) is 4.66. The van der Waals surface area contributed by atoms with Gasteiger partial charge >= 0.3 is 5.97 Å². The molecule has 3 aromatic rings. The highest BCUT2D eigenvalue weighted by Crippen LogP contribution is 2.29. The van der Waals surface area contributed by atoms with Crippen molar-refractivity contribution in [1.29, 1.82) is 0 Å². The van der Waals surface area contributed by atoms with E-state index < -0.39 is 11.9 Å². The number of piperazine rings is 1. The molecule has 0 spiro atoms. The molecule has 3 N–H and O–H groups in total. The summed E-state index contributed by atoms with van der Waals surface area (Å²) in [6.45, 7) is 4.61. The number of aliphatic carboxylic acids is 1. The quantitative estimate of drug-likeness (QED) is 0.517. The topological polar surface area (TPSA) is 117 Å². The lowest BCUT2D eigenvalue weighted by atomic mass is 10.0. The van der Waals surface area contributed by atoms with Crippen molar-refractivity contribution in [3.63, 3.8) is 0 Å². The molecule has 0 bridgehead atoms. The number of aromatic nitrogens is 1. The molecule has 0 unspecified atom stereocenters. The van der Waals surface area contributed by atoms with Crippen molar-refractivity contribution in [3.05, 3.63) is 64.7 Å². The zero-order chi connectivity index (χ0) is 25.1. The van der Waals surface area contributed by atoms with Gasteiger partial charge in [0.15, 0.2) is 0 Å². The zero-order valence-corrected chi connectivity index (χ0v) is 20.2. The number of primary amides is 1. The Morgan fingerprint density at radius 2 is 1.80 bits per heavy atom. The summed E-state index contributed by atoms with van der Waals surface area (Å²) in [5, 5.41) is 10.1. The van der Waals surface area contributed by atoms with Crippen molar-refractivity contribution in [2.24, 2.45) is 5.73 Å². The molecule has 0 radical (unpaired) electrons. The third kappa shape index (κ3) is 5.61. The number of hydrogen-bond donors (Lipinski definition) is 2. The highest BCUT2D eigenvalue weighted by Gasteiger charge is 2.27. The number of nitrogens with two attached hydrogens (primary N) is 1. The fourth-order valence-electron chi connectivity index (χ4n) is 4.40. The second-order valence-electron chi connectivity index (χ2n) is 8.80. The first-order chi connectivity index (χ1) is 16.7. The summed E-state index contributed by atoms with van der Waals surface area (Å²) in [6, 6.07) is 14.0. The minimum absolute atomic E-state index is 0.0712. The largest absolute Gasteiger partial charge is 0.481 e. The predicted molar refractivity (Wildman–Crippen MR) is 135 cm³/mol. The number of carboxylic acids is 1. The fraction of sp³-hybridized carbons (Fsp3) is 0.308. The Labute approximate surface area is 208 Å². The van der Waals surface area contributed by atoms with Crippen molar-refractivity contribution in [2.75, 3.05) is 26.2 Å². The Morgan fingerprint density at radius 1 is 1.09 bits per heavy atom. The van der Waals surface area contributed by atoms with Crippen LogP contribution in [-0.2, 0) is 4.79 Å². The van der Waals surface area contributed by atoms with Crippen LogP contribution in [0.5, 0.6) is 0 Å². The number of carbonyl (C=O) groups is 3. The molecule has 35 heavy (non-hydrogen) atoms. The van der Waals surface area contributed by atoms with E-state index in [1.54, 1.807) is 42.5 Å². The molecule has 1 aliphatic rings. The molecule has 1 aromatic heterocycles. The van der Waals surface area contributed by atoms with E-state index in [-0.39, 0.29) is 18.4 Å². The average Bonchev–Trinajstić information content (AvgIpc) is 2.84. The molecule has 9 heteroatoms. The van der Waals surface area contributed by atoms with Crippen LogP contribution in [0.3, 0.4) is 0 Å². The molecule has 4 rings (SSSR count). The summed E-state index contributed by atoms with van der Waals surface area (Å²) < 4.78 is 0. The van der Waals surface area contributed by atoms with E-state index >= 15 is 0 Å². The van der Waals surface area contributed by atoms with Gasteiger partial charge in [-0.15, -0.1) is 0 Å². The molecular weight excluding hydrogens is 468 g/mol. The molecule has 2 amide bonds. The van der Waals surface area contributed by atoms with Crippen molar-refractivity contribution in [3.8, 4) is 11.3 Å². The number of halogens is 1. The number of rotatable bonds is 7. The lowest BCUT2D eigenvalue weighted by Crippen LogP contribution is -2.53. The maximum Gasteiger partial charge on any atom is 0.303 e. The lowest BCUT2D eigenvalue weighted by Gasteiger charge is -2.40. The monoisotopic (exact) mass is 494 g/mol. The van der Waals surface area contributed by atoms with Crippen LogP contribution in [0.4, 0.5) is 0 Å². The molecule has 0 aliphatic carbocycles. The van der Waals surface area contributed by atoms with Gasteiger partial charge in [0.05, 0.1) is 16.2 Å². The van der Waals surface area contributed by atoms with Crippen LogP contribution in [0.2, 0.25) is 5.02 Å². The number of hydrogen-bond acceptors (Lipinski definition) is 5. The minimum atomic E-state index is -0.790. The third-order valence-electron chi connectivity index (χ3n) is 6.36. The summed E-state index contributed by atoms with van der Waals surface area (Å²) in [4.78, 5) is 44.2. The summed E-state index contributed by atoms with van der Waals surface area (Å²) >= 11 is 6.52. The van der Waals surface area contributed by atoms with E-state index in [2.05, 4.69) is 11.8 Å². The minimum Gasteiger partial charge on any atom is -0.481 e. The van der Waals surface area contributed by atoms with E-state index in [1.165, 1.54) is 0 Å². The number of carbonyl (C=O) groups excluding carboxylic acids is 2. The zero-order valence-electron chi connectivity index (χ0n) is 19.4. The summed E-state index contributed by atoms with van der Waals surface area (Å²) in [6.07, 6.45) is 0.744. The van der Waals surface area contributed by atoms with E-state index in [4.69, 9.17) is 27.4 Å². The molecule has 0 saturated carbocycles. The molecule has 1 saturated heterocycles. The maximum atomic E-state index is 13.3. The van der Waals surface area contributed by atoms with Crippen molar-refractivity contribution in [1.82, 2.24) is 14.8 Å². The molecule has 8 nitrogen and oxygen atoms in total. The molecular formula is C26H27ClN4O4. The van der Waals surface area contributed by atoms with E-state index in [1.807, 2.05) is 11.0 Å². The highest BCUT2D eigenvalue weighted by molar-refractivity contribution is 6.35. The standard InChI is InChI=1S/C26H27ClN4O4/c1-16-15-31(12-11-30(16)10-2-3-24(32)33)26(35)19-8-9-20-21(27)14-22(29-23(20)13-19)17-4-6-18(7-5-17)25(28)34/h4-9,13-14,16H,2-3,10-12,15H2,1H3,(H2,28,34)(H,32,33)/t16-/m0/s1. The van der Waals surface area contributed by atoms with Crippen LogP contribution in [0.25, 0.3) is 22.2 Å². The normalized spacial score (nSPS) is 16.4. The first-order valence-electron chi connectivity index (χ1n) is 11.5. The van der Waals surface area contributed by atoms with Gasteiger partial charge < -0.3 is 15.7 Å². The summed E-state index contributed by atoms with van der Waals surface area (Å²) in [5.41, 5.74) is 8.28. The van der Waals surface area contributed by atoms with Crippen LogP contribution < -0.4 is 5.73 Å². The van der Waals surface area contributed by atoms with Crippen LogP contribution >= 0.6 is 11.6 Å². The summed E-state index contributed by atoms with van der Waals surface area (Å²) in [7, 11) is 0. The smallest absolute Gasteiger partial charge is 0.303 e. The van der Waals surface area contributed by atoms with Gasteiger partial charge in [-0.2, -0.15) is 0 Å². The van der Waals surface area contributed by atoms with Crippen molar-refractivity contribution >= 4 is 40.3 Å². The van der Waals surface area contributed by atoms with Crippen LogP contribution in [0.15, 0.2) is 48.5 Å². The molecule has 1 aliphatic heterocycles. The SMILES string of the molecule is C[C@H]1CN(C(=O)c2ccc3c(Cl)cc(-c4ccc(C(N)=O)cc4)nc3c2)CCN1CCCC(=O)O. The number of fused-ring (bicyclic) bond motifs is 1. The van der Waals surface area contributed by atoms with Gasteiger partial charge in [0.2, 0.25) is 5.91 Å². The second kappa shape index (κ2) is 10.4. The lowest BCUT2D eigenvalue weighted by molar-refractivity contribution is -0.137. The Balaban J connectivity index is 1.52. The van der Waals surface area contributed by atoms with Gasteiger partial charge in [0, 0.05) is 54.2 Å². The average molecular weight is 495 g/mol. The van der Waals surface area contributed by atoms with Gasteiger partial charge in [0.1, 0.15) is 0 Å². The van der Waals surface area contributed by atoms with Crippen LogP contribution in [0.1, 0.15) is 40.5 Å². The Bertz CT molecular complexity index is 1280. The maximum absolute atomic E-state index is 13.3. The molecule has 2 aromatic carbocycles. The molecule has 2 heterocycles. The first kappa shape index (κ1) is 24.6. The highest BCUT2D eigenvalue weighted by atomic mass is 35.5. The number of amides is 2. The van der Waals surface area contributed by atoms with Gasteiger partial charge in [-0.1, -0.05) is 29.8 Å². The number of pyridine rings is 1. The van der Waals surface area contributed by atoms with Gasteiger partial charge in [-0.25, -0.2) is 4.98 Å². The Hall–Kier alpha value is -3.49.